The molecule has 0 saturated carbocycles. The van der Waals surface area contributed by atoms with Crippen molar-refractivity contribution in [3.8, 4) is 0 Å². The number of hydrogen-bond donors (Lipinski definition) is 1. The Labute approximate surface area is 103 Å². The Morgan fingerprint density at radius 2 is 2.06 bits per heavy atom. The van der Waals surface area contributed by atoms with E-state index in [0.29, 0.717) is 0 Å². The second-order valence-electron chi connectivity index (χ2n) is 3.77. The molecule has 1 N–H and O–H groups in total. The first kappa shape index (κ1) is 16.1. The van der Waals surface area contributed by atoms with Crippen LogP contribution in [0.15, 0.2) is 11.9 Å². The molecular weight excluding hydrogens is 264 g/mol. The first-order valence-corrected chi connectivity index (χ1v) is 5.62. The van der Waals surface area contributed by atoms with Crippen LogP contribution in [0.4, 0.5) is 13.2 Å². The van der Waals surface area contributed by atoms with E-state index >= 15 is 0 Å². The number of aliphatic hydroxyl groups is 1. The summed E-state index contributed by atoms with van der Waals surface area (Å²) in [5.41, 5.74) is 0.0366. The zero-order chi connectivity index (χ0) is 12.8. The van der Waals surface area contributed by atoms with Crippen LogP contribution in [0.5, 0.6) is 0 Å². The smallest absolute Gasteiger partial charge is 0.111 e. The van der Waals surface area contributed by atoms with Crippen LogP contribution in [0.25, 0.3) is 0 Å². The molecule has 1 nitrogen and oxygen atoms in total. The van der Waals surface area contributed by atoms with Crippen LogP contribution in [0, 0.1) is 0 Å². The summed E-state index contributed by atoms with van der Waals surface area (Å²) >= 11 is 11.2. The highest BCUT2D eigenvalue weighted by Crippen LogP contribution is 2.26. The van der Waals surface area contributed by atoms with E-state index in [1.165, 1.54) is 6.92 Å². The number of rotatable bonds is 7. The van der Waals surface area contributed by atoms with E-state index in [1.54, 1.807) is 0 Å². The lowest BCUT2D eigenvalue weighted by Gasteiger charge is -2.25. The van der Waals surface area contributed by atoms with Gasteiger partial charge in [0.15, 0.2) is 0 Å². The number of aliphatic hydroxyl groups excluding tert-OH is 1. The van der Waals surface area contributed by atoms with Crippen LogP contribution in [0.3, 0.4) is 0 Å². The Kier molecular flexibility index (Phi) is 7.44. The van der Waals surface area contributed by atoms with Gasteiger partial charge in [0, 0.05) is 0 Å². The Balaban J connectivity index is 4.23. The van der Waals surface area contributed by atoms with Crippen molar-refractivity contribution in [2.45, 2.75) is 36.1 Å². The maximum atomic E-state index is 12.4. The quantitative estimate of drug-likeness (QED) is 0.707. The van der Waals surface area contributed by atoms with Gasteiger partial charge in [0.05, 0.1) is 22.7 Å². The highest BCUT2D eigenvalue weighted by atomic mass is 35.5. The second kappa shape index (κ2) is 7.41. The summed E-state index contributed by atoms with van der Waals surface area (Å²) in [5, 5.41) is 8.47. The molecule has 0 aliphatic rings. The number of halogens is 5. The number of allylic oxidation sites excluding steroid dienone is 1. The minimum absolute atomic E-state index is 0.0306. The molecule has 3 atom stereocenters. The number of alkyl halides is 4. The van der Waals surface area contributed by atoms with Crippen LogP contribution >= 0.6 is 23.2 Å². The molecule has 0 aromatic carbocycles. The molecule has 0 aromatic rings. The Bertz CT molecular complexity index is 234. The van der Waals surface area contributed by atoms with Crippen molar-refractivity contribution < 1.29 is 18.3 Å². The lowest BCUT2D eigenvalue weighted by Crippen LogP contribution is -2.36. The predicted octanol–water partition coefficient (Wildman–Crippen LogP) is 3.52. The molecule has 0 saturated heterocycles. The molecule has 16 heavy (non-hydrogen) atoms. The zero-order valence-corrected chi connectivity index (χ0v) is 10.4. The van der Waals surface area contributed by atoms with E-state index in [-0.39, 0.29) is 24.7 Å². The molecule has 3 unspecified atom stereocenters. The number of hydrogen-bond acceptors (Lipinski definition) is 1. The summed E-state index contributed by atoms with van der Waals surface area (Å²) in [4.78, 5) is -1.40. The first-order valence-electron chi connectivity index (χ1n) is 4.81. The van der Waals surface area contributed by atoms with Gasteiger partial charge in [-0.2, -0.15) is 0 Å². The minimum atomic E-state index is -1.40. The van der Waals surface area contributed by atoms with E-state index in [4.69, 9.17) is 23.2 Å². The van der Waals surface area contributed by atoms with Gasteiger partial charge in [-0.25, -0.2) is 13.2 Å². The average Bonchev–Trinajstić information content (AvgIpc) is 2.28. The third kappa shape index (κ3) is 4.93. The SMILES string of the molecule is CC(Cl)(CF)C(O)CCC(=CF)C(Cl)CF. The van der Waals surface area contributed by atoms with Crippen molar-refractivity contribution in [2.75, 3.05) is 13.3 Å². The van der Waals surface area contributed by atoms with Gasteiger partial charge in [0.2, 0.25) is 0 Å². The molecule has 0 amide bonds. The molecule has 96 valence electrons. The van der Waals surface area contributed by atoms with E-state index in [2.05, 4.69) is 0 Å². The monoisotopic (exact) mass is 278 g/mol. The fraction of sp³-hybridized carbons (Fsp3) is 0.800. The summed E-state index contributed by atoms with van der Waals surface area (Å²) < 4.78 is 36.9. The van der Waals surface area contributed by atoms with Crippen LogP contribution in [0.1, 0.15) is 19.8 Å². The van der Waals surface area contributed by atoms with Gasteiger partial charge in [-0.05, 0) is 25.3 Å². The lowest BCUT2D eigenvalue weighted by molar-refractivity contribution is 0.108. The lowest BCUT2D eigenvalue weighted by atomic mass is 9.97. The van der Waals surface area contributed by atoms with Crippen LogP contribution in [-0.2, 0) is 0 Å². The van der Waals surface area contributed by atoms with Crippen molar-refractivity contribution in [3.05, 3.63) is 11.9 Å². The van der Waals surface area contributed by atoms with Gasteiger partial charge in [-0.1, -0.05) is 0 Å². The maximum absolute atomic E-state index is 12.4. The Morgan fingerprint density at radius 1 is 1.50 bits per heavy atom. The van der Waals surface area contributed by atoms with Crippen molar-refractivity contribution in [3.63, 3.8) is 0 Å². The van der Waals surface area contributed by atoms with Crippen LogP contribution in [0.2, 0.25) is 0 Å². The Hall–Kier alpha value is 0.0700. The van der Waals surface area contributed by atoms with Gasteiger partial charge in [-0.3, -0.25) is 0 Å². The fourth-order valence-electron chi connectivity index (χ4n) is 1.07. The van der Waals surface area contributed by atoms with Crippen molar-refractivity contribution in [2.24, 2.45) is 0 Å². The molecule has 0 radical (unpaired) electrons. The highest BCUT2D eigenvalue weighted by Gasteiger charge is 2.30. The molecule has 0 bridgehead atoms. The topological polar surface area (TPSA) is 20.2 Å². The molecule has 0 fully saturated rings. The van der Waals surface area contributed by atoms with E-state index in [9.17, 15) is 18.3 Å². The minimum Gasteiger partial charge on any atom is -0.391 e. The molecule has 0 rings (SSSR count). The fourth-order valence-corrected chi connectivity index (χ4v) is 1.34. The second-order valence-corrected chi connectivity index (χ2v) is 5.16. The third-order valence-corrected chi connectivity index (χ3v) is 3.09. The summed E-state index contributed by atoms with van der Waals surface area (Å²) in [6, 6.07) is 0. The standard InChI is InChI=1S/C10H15Cl2F3O/c1-10(12,6-15)9(16)3-2-7(4-13)8(11)5-14/h4,8-9,16H,2-3,5-6H2,1H3. The van der Waals surface area contributed by atoms with Gasteiger partial charge >= 0.3 is 0 Å². The molecule has 0 aliphatic carbocycles. The maximum Gasteiger partial charge on any atom is 0.111 e. The molecule has 0 aromatic heterocycles. The molecular formula is C10H15Cl2F3O. The van der Waals surface area contributed by atoms with Crippen molar-refractivity contribution >= 4 is 23.2 Å². The first-order chi connectivity index (χ1) is 7.38. The van der Waals surface area contributed by atoms with Gasteiger partial charge in [0.1, 0.15) is 13.3 Å². The van der Waals surface area contributed by atoms with Crippen LogP contribution in [-0.4, -0.2) is 34.8 Å². The zero-order valence-electron chi connectivity index (χ0n) is 8.90. The normalized spacial score (nSPS) is 20.3. The highest BCUT2D eigenvalue weighted by molar-refractivity contribution is 6.24. The molecule has 0 heterocycles. The summed E-state index contributed by atoms with van der Waals surface area (Å²) in [5.74, 6) is 0. The molecule has 0 aliphatic heterocycles. The molecule has 6 heteroatoms. The van der Waals surface area contributed by atoms with Crippen LogP contribution < -0.4 is 0 Å². The van der Waals surface area contributed by atoms with Gasteiger partial charge in [0.25, 0.3) is 0 Å². The summed E-state index contributed by atoms with van der Waals surface area (Å²) in [6.07, 6.45) is -0.857. The van der Waals surface area contributed by atoms with E-state index in [1.807, 2.05) is 0 Å². The Morgan fingerprint density at radius 3 is 2.44 bits per heavy atom. The third-order valence-electron chi connectivity index (χ3n) is 2.34. The average molecular weight is 279 g/mol. The van der Waals surface area contributed by atoms with Crippen molar-refractivity contribution in [1.29, 1.82) is 0 Å². The molecule has 0 spiro atoms. The van der Waals surface area contributed by atoms with Gasteiger partial charge < -0.3 is 5.11 Å². The van der Waals surface area contributed by atoms with E-state index in [0.717, 1.165) is 0 Å². The summed E-state index contributed by atoms with van der Waals surface area (Å²) in [6.45, 7) is -0.460. The van der Waals surface area contributed by atoms with E-state index < -0.39 is 29.7 Å². The summed E-state index contributed by atoms with van der Waals surface area (Å²) in [7, 11) is 0. The largest absolute Gasteiger partial charge is 0.391 e. The predicted molar refractivity (Wildman–Crippen MR) is 60.3 cm³/mol. The van der Waals surface area contributed by atoms with Gasteiger partial charge in [-0.15, -0.1) is 23.2 Å². The van der Waals surface area contributed by atoms with Crippen molar-refractivity contribution in [1.82, 2.24) is 0 Å².